The van der Waals surface area contributed by atoms with Crippen LogP contribution in [-0.2, 0) is 9.36 Å². The molecule has 0 saturated carbocycles. The molecule has 0 aromatic carbocycles. The van der Waals surface area contributed by atoms with E-state index in [1.54, 1.807) is 0 Å². The largest absolute Gasteiger partial charge is 0.480 e. The number of nitrogens with one attached hydrogen (secondary N) is 1. The van der Waals surface area contributed by atoms with E-state index in [0.29, 0.717) is 19.4 Å². The van der Waals surface area contributed by atoms with Crippen LogP contribution in [0, 0.1) is 5.92 Å². The molecule has 82 valence electrons. The topological polar surface area (TPSA) is 107 Å². The summed E-state index contributed by atoms with van der Waals surface area (Å²) < 4.78 is 10.7. The van der Waals surface area contributed by atoms with Crippen LogP contribution in [0.5, 0.6) is 0 Å². The van der Waals surface area contributed by atoms with Gasteiger partial charge in [-0.15, -0.1) is 0 Å². The van der Waals surface area contributed by atoms with Crippen LogP contribution in [0.1, 0.15) is 12.8 Å². The van der Waals surface area contributed by atoms with E-state index < -0.39 is 19.6 Å². The molecule has 6 nitrogen and oxygen atoms in total. The Morgan fingerprint density at radius 3 is 2.64 bits per heavy atom. The third-order valence-corrected chi connectivity index (χ3v) is 3.30. The number of carbonyl (C=O) groups is 1. The van der Waals surface area contributed by atoms with Gasteiger partial charge in [-0.1, -0.05) is 0 Å². The van der Waals surface area contributed by atoms with Crippen molar-refractivity contribution >= 4 is 13.6 Å². The summed E-state index contributed by atoms with van der Waals surface area (Å²) in [4.78, 5) is 28.1. The Labute approximate surface area is 81.5 Å². The lowest BCUT2D eigenvalue weighted by molar-refractivity contribution is -0.140. The average Bonchev–Trinajstić information content (AvgIpc) is 2.01. The third kappa shape index (κ3) is 3.75. The molecule has 1 heterocycles. The molecule has 0 radical (unpaired) electrons. The Bertz CT molecular complexity index is 263. The lowest BCUT2D eigenvalue weighted by Crippen LogP contribution is -2.44. The lowest BCUT2D eigenvalue weighted by atomic mass is 9.94. The summed E-state index contributed by atoms with van der Waals surface area (Å²) in [6.07, 6.45) is 0.702. The predicted molar refractivity (Wildman–Crippen MR) is 49.1 cm³/mol. The molecule has 7 heteroatoms. The summed E-state index contributed by atoms with van der Waals surface area (Å²) in [6.45, 7) is 0.502. The molecule has 1 fully saturated rings. The SMILES string of the molecule is O=C(O)[C@@H]1CC(CP(=O)(O)O)CCN1. The second kappa shape index (κ2) is 4.40. The minimum atomic E-state index is -4.01. The minimum absolute atomic E-state index is 0.196. The maximum absolute atomic E-state index is 10.7. The van der Waals surface area contributed by atoms with Crippen LogP contribution in [-0.4, -0.2) is 39.6 Å². The van der Waals surface area contributed by atoms with Gasteiger partial charge in [0, 0.05) is 0 Å². The molecule has 2 atom stereocenters. The van der Waals surface area contributed by atoms with Crippen molar-refractivity contribution in [3.63, 3.8) is 0 Å². The summed E-state index contributed by atoms with van der Waals surface area (Å²) in [5, 5.41) is 11.5. The van der Waals surface area contributed by atoms with Crippen LogP contribution in [0.3, 0.4) is 0 Å². The van der Waals surface area contributed by atoms with Crippen LogP contribution < -0.4 is 5.32 Å². The fourth-order valence-electron chi connectivity index (χ4n) is 1.69. The number of rotatable bonds is 3. The molecular weight excluding hydrogens is 209 g/mol. The van der Waals surface area contributed by atoms with Gasteiger partial charge in [-0.25, -0.2) is 0 Å². The maximum Gasteiger partial charge on any atom is 0.325 e. The van der Waals surface area contributed by atoms with E-state index in [0.717, 1.165) is 0 Å². The lowest BCUT2D eigenvalue weighted by Gasteiger charge is -2.27. The van der Waals surface area contributed by atoms with Crippen LogP contribution in [0.4, 0.5) is 0 Å². The molecule has 0 spiro atoms. The number of hydrogen-bond acceptors (Lipinski definition) is 3. The van der Waals surface area contributed by atoms with Crippen molar-refractivity contribution in [1.82, 2.24) is 5.32 Å². The van der Waals surface area contributed by atoms with Crippen LogP contribution >= 0.6 is 7.60 Å². The van der Waals surface area contributed by atoms with Gasteiger partial charge in [0.15, 0.2) is 0 Å². The Morgan fingerprint density at radius 2 is 2.14 bits per heavy atom. The normalized spacial score (nSPS) is 28.7. The van der Waals surface area contributed by atoms with E-state index >= 15 is 0 Å². The Morgan fingerprint density at radius 1 is 1.50 bits per heavy atom. The first kappa shape index (κ1) is 11.7. The second-order valence-corrected chi connectivity index (χ2v) is 5.28. The zero-order valence-corrected chi connectivity index (χ0v) is 8.48. The average molecular weight is 223 g/mol. The molecule has 1 rings (SSSR count). The quantitative estimate of drug-likeness (QED) is 0.486. The molecule has 4 N–H and O–H groups in total. The van der Waals surface area contributed by atoms with Crippen molar-refractivity contribution in [2.24, 2.45) is 5.92 Å². The highest BCUT2D eigenvalue weighted by molar-refractivity contribution is 7.51. The Hall–Kier alpha value is -0.420. The van der Waals surface area contributed by atoms with E-state index in [4.69, 9.17) is 14.9 Å². The van der Waals surface area contributed by atoms with Crippen LogP contribution in [0.15, 0.2) is 0 Å². The molecular formula is C7H14NO5P. The third-order valence-electron chi connectivity index (χ3n) is 2.31. The van der Waals surface area contributed by atoms with Crippen molar-refractivity contribution in [2.45, 2.75) is 18.9 Å². The van der Waals surface area contributed by atoms with Crippen LogP contribution in [0.25, 0.3) is 0 Å². The summed E-state index contributed by atoms with van der Waals surface area (Å²) in [5.41, 5.74) is 0. The molecule has 1 saturated heterocycles. The van der Waals surface area contributed by atoms with Gasteiger partial charge in [-0.05, 0) is 25.3 Å². The number of hydrogen-bond donors (Lipinski definition) is 4. The summed E-state index contributed by atoms with van der Waals surface area (Å²) in [5.74, 6) is -1.15. The monoisotopic (exact) mass is 223 g/mol. The molecule has 0 amide bonds. The molecule has 1 aliphatic rings. The van der Waals surface area contributed by atoms with Crippen molar-refractivity contribution in [3.05, 3.63) is 0 Å². The van der Waals surface area contributed by atoms with E-state index in [9.17, 15) is 9.36 Å². The van der Waals surface area contributed by atoms with Crippen molar-refractivity contribution in [1.29, 1.82) is 0 Å². The highest BCUT2D eigenvalue weighted by Crippen LogP contribution is 2.39. The number of aliphatic carboxylic acids is 1. The molecule has 1 aliphatic heterocycles. The van der Waals surface area contributed by atoms with Gasteiger partial charge in [0.05, 0.1) is 6.16 Å². The van der Waals surface area contributed by atoms with Crippen molar-refractivity contribution in [3.8, 4) is 0 Å². The standard InChI is InChI=1S/C7H14NO5P/c9-7(10)6-3-5(1-2-8-6)4-14(11,12)13/h5-6,8H,1-4H2,(H,9,10)(H2,11,12,13)/t5?,6-/m0/s1. The van der Waals surface area contributed by atoms with E-state index in [1.165, 1.54) is 0 Å². The zero-order valence-electron chi connectivity index (χ0n) is 7.59. The minimum Gasteiger partial charge on any atom is -0.480 e. The second-order valence-electron chi connectivity index (χ2n) is 3.58. The fraction of sp³-hybridized carbons (Fsp3) is 0.857. The molecule has 0 bridgehead atoms. The predicted octanol–water partition coefficient (Wildman–Crippen LogP) is -0.383. The van der Waals surface area contributed by atoms with Gasteiger partial charge < -0.3 is 20.2 Å². The Kier molecular flexibility index (Phi) is 3.66. The van der Waals surface area contributed by atoms with Gasteiger partial charge in [-0.2, -0.15) is 0 Å². The molecule has 1 unspecified atom stereocenters. The zero-order chi connectivity index (χ0) is 10.8. The number of carboxylic acids is 1. The molecule has 0 aliphatic carbocycles. The van der Waals surface area contributed by atoms with Gasteiger partial charge >= 0.3 is 13.6 Å². The Balaban J connectivity index is 2.48. The van der Waals surface area contributed by atoms with Crippen molar-refractivity contribution in [2.75, 3.05) is 12.7 Å². The van der Waals surface area contributed by atoms with E-state index in [1.807, 2.05) is 0 Å². The van der Waals surface area contributed by atoms with Crippen molar-refractivity contribution < 1.29 is 24.3 Å². The van der Waals surface area contributed by atoms with E-state index in [2.05, 4.69) is 5.32 Å². The van der Waals surface area contributed by atoms with Crippen LogP contribution in [0.2, 0.25) is 0 Å². The highest BCUT2D eigenvalue weighted by atomic mass is 31.2. The van der Waals surface area contributed by atoms with Gasteiger partial charge in [0.25, 0.3) is 0 Å². The summed E-state index contributed by atoms with van der Waals surface area (Å²) in [7, 11) is -4.01. The maximum atomic E-state index is 10.7. The smallest absolute Gasteiger partial charge is 0.325 e. The van der Waals surface area contributed by atoms with E-state index in [-0.39, 0.29) is 12.1 Å². The van der Waals surface area contributed by atoms with Gasteiger partial charge in [0.2, 0.25) is 0 Å². The highest BCUT2D eigenvalue weighted by Gasteiger charge is 2.30. The van der Waals surface area contributed by atoms with Gasteiger partial charge in [-0.3, -0.25) is 9.36 Å². The van der Waals surface area contributed by atoms with Gasteiger partial charge in [0.1, 0.15) is 6.04 Å². The first-order valence-corrected chi connectivity index (χ1v) is 6.19. The first-order chi connectivity index (χ1) is 6.38. The molecule has 0 aromatic heterocycles. The number of piperidine rings is 1. The number of carboxylic acid groups (broad SMARTS) is 1. The first-order valence-electron chi connectivity index (χ1n) is 4.39. The molecule has 14 heavy (non-hydrogen) atoms. The fourth-order valence-corrected chi connectivity index (χ4v) is 2.69. The summed E-state index contributed by atoms with van der Waals surface area (Å²) in [6, 6.07) is -0.666. The molecule has 0 aromatic rings. The summed E-state index contributed by atoms with van der Waals surface area (Å²) >= 11 is 0.